The van der Waals surface area contributed by atoms with E-state index < -0.39 is 5.97 Å². The molecule has 1 saturated heterocycles. The van der Waals surface area contributed by atoms with Crippen LogP contribution in [-0.2, 0) is 4.79 Å². The molecule has 2 amide bonds. The van der Waals surface area contributed by atoms with E-state index in [-0.39, 0.29) is 24.0 Å². The van der Waals surface area contributed by atoms with Crippen LogP contribution in [0.15, 0.2) is 0 Å². The van der Waals surface area contributed by atoms with Gasteiger partial charge in [0.2, 0.25) is 0 Å². The highest BCUT2D eigenvalue weighted by molar-refractivity contribution is 5.74. The highest BCUT2D eigenvalue weighted by atomic mass is 16.4. The van der Waals surface area contributed by atoms with Gasteiger partial charge in [-0.05, 0) is 44.6 Å². The van der Waals surface area contributed by atoms with Gasteiger partial charge in [0.15, 0.2) is 0 Å². The summed E-state index contributed by atoms with van der Waals surface area (Å²) in [4.78, 5) is 27.3. The maximum Gasteiger partial charge on any atom is 0.317 e. The molecule has 2 fully saturated rings. The number of aliphatic carboxylic acids is 1. The summed E-state index contributed by atoms with van der Waals surface area (Å²) >= 11 is 0. The second-order valence-corrected chi connectivity index (χ2v) is 8.26. The molecular weight excluding hydrogens is 318 g/mol. The number of rotatable bonds is 5. The molecule has 25 heavy (non-hydrogen) atoms. The molecule has 2 aliphatic rings. The van der Waals surface area contributed by atoms with Gasteiger partial charge in [0.1, 0.15) is 0 Å². The van der Waals surface area contributed by atoms with Gasteiger partial charge in [0, 0.05) is 25.7 Å². The van der Waals surface area contributed by atoms with E-state index in [9.17, 15) is 9.59 Å². The smallest absolute Gasteiger partial charge is 0.317 e. The van der Waals surface area contributed by atoms with Crippen molar-refractivity contribution in [1.82, 2.24) is 15.1 Å². The maximum atomic E-state index is 12.6. The monoisotopic (exact) mass is 353 g/mol. The van der Waals surface area contributed by atoms with E-state index in [1.54, 1.807) is 0 Å². The number of nitrogens with one attached hydrogen (secondary N) is 1. The maximum absolute atomic E-state index is 12.6. The quantitative estimate of drug-likeness (QED) is 0.746. The van der Waals surface area contributed by atoms with Crippen molar-refractivity contribution in [3.63, 3.8) is 0 Å². The fourth-order valence-corrected chi connectivity index (χ4v) is 4.22. The average Bonchev–Trinajstić information content (AvgIpc) is 2.93. The van der Waals surface area contributed by atoms with Crippen LogP contribution in [0.3, 0.4) is 0 Å². The van der Waals surface area contributed by atoms with Gasteiger partial charge in [-0.15, -0.1) is 0 Å². The predicted octanol–water partition coefficient (Wildman–Crippen LogP) is 2.93. The minimum Gasteiger partial charge on any atom is -0.480 e. The van der Waals surface area contributed by atoms with E-state index in [0.717, 1.165) is 32.4 Å². The average molecular weight is 354 g/mol. The van der Waals surface area contributed by atoms with Gasteiger partial charge in [-0.2, -0.15) is 0 Å². The molecule has 0 bridgehead atoms. The third-order valence-electron chi connectivity index (χ3n) is 5.97. The lowest BCUT2D eigenvalue weighted by Crippen LogP contribution is -2.45. The number of hydrogen-bond donors (Lipinski definition) is 2. The Morgan fingerprint density at radius 3 is 2.44 bits per heavy atom. The van der Waals surface area contributed by atoms with Crippen molar-refractivity contribution in [2.45, 2.75) is 70.8 Å². The number of hydrogen-bond acceptors (Lipinski definition) is 3. The number of carbonyl (C=O) groups is 2. The number of carboxylic acid groups (broad SMARTS) is 1. The van der Waals surface area contributed by atoms with Crippen molar-refractivity contribution in [2.24, 2.45) is 5.41 Å². The van der Waals surface area contributed by atoms with Crippen LogP contribution in [0.2, 0.25) is 0 Å². The van der Waals surface area contributed by atoms with Crippen molar-refractivity contribution in [2.75, 3.05) is 33.2 Å². The molecule has 6 heteroatoms. The molecule has 1 aliphatic heterocycles. The van der Waals surface area contributed by atoms with Gasteiger partial charge in [0.25, 0.3) is 0 Å². The summed E-state index contributed by atoms with van der Waals surface area (Å²) in [7, 11) is 1.86. The SMILES string of the molecule is CN(CC(=O)O)C1CCCN(C(=O)NCC2(C)CCCCCC2)CC1. The van der Waals surface area contributed by atoms with Crippen LogP contribution < -0.4 is 5.32 Å². The summed E-state index contributed by atoms with van der Waals surface area (Å²) in [6.45, 7) is 4.61. The van der Waals surface area contributed by atoms with Crippen LogP contribution in [0.4, 0.5) is 4.79 Å². The first-order chi connectivity index (χ1) is 11.9. The molecule has 0 radical (unpaired) electrons. The number of carbonyl (C=O) groups excluding carboxylic acids is 1. The van der Waals surface area contributed by atoms with Gasteiger partial charge in [0.05, 0.1) is 6.54 Å². The van der Waals surface area contributed by atoms with E-state index in [1.165, 1.54) is 38.5 Å². The lowest BCUT2D eigenvalue weighted by molar-refractivity contribution is -0.138. The van der Waals surface area contributed by atoms with Crippen molar-refractivity contribution in [3.05, 3.63) is 0 Å². The van der Waals surface area contributed by atoms with E-state index in [4.69, 9.17) is 5.11 Å². The minimum absolute atomic E-state index is 0.0482. The zero-order valence-corrected chi connectivity index (χ0v) is 15.9. The fraction of sp³-hybridized carbons (Fsp3) is 0.895. The van der Waals surface area contributed by atoms with E-state index in [2.05, 4.69) is 12.2 Å². The third-order valence-corrected chi connectivity index (χ3v) is 5.97. The minimum atomic E-state index is -0.794. The molecule has 1 heterocycles. The van der Waals surface area contributed by atoms with Gasteiger partial charge in [-0.3, -0.25) is 9.69 Å². The highest BCUT2D eigenvalue weighted by Crippen LogP contribution is 2.33. The molecule has 1 unspecified atom stereocenters. The Morgan fingerprint density at radius 1 is 1.12 bits per heavy atom. The normalized spacial score (nSPS) is 24.4. The molecule has 1 aliphatic carbocycles. The fourth-order valence-electron chi connectivity index (χ4n) is 4.22. The van der Waals surface area contributed by atoms with E-state index >= 15 is 0 Å². The molecule has 0 spiro atoms. The first-order valence-electron chi connectivity index (χ1n) is 9.84. The molecule has 2 N–H and O–H groups in total. The third kappa shape index (κ3) is 6.49. The van der Waals surface area contributed by atoms with E-state index in [1.807, 2.05) is 16.8 Å². The number of carboxylic acids is 1. The first-order valence-corrected chi connectivity index (χ1v) is 9.84. The Labute approximate surface area is 151 Å². The molecule has 1 saturated carbocycles. The van der Waals surface area contributed by atoms with Crippen LogP contribution in [-0.4, -0.2) is 66.2 Å². The largest absolute Gasteiger partial charge is 0.480 e. The standard InChI is InChI=1S/C19H35N3O3/c1-19(10-5-3-4-6-11-19)15-20-18(25)22-12-7-8-16(9-13-22)21(2)14-17(23)24/h16H,3-15H2,1-2H3,(H,20,25)(H,23,24). The van der Waals surface area contributed by atoms with Crippen molar-refractivity contribution < 1.29 is 14.7 Å². The lowest BCUT2D eigenvalue weighted by atomic mass is 9.82. The summed E-state index contributed by atoms with van der Waals surface area (Å²) in [5.74, 6) is -0.794. The van der Waals surface area contributed by atoms with E-state index in [0.29, 0.717) is 6.54 Å². The number of urea groups is 1. The Morgan fingerprint density at radius 2 is 1.80 bits per heavy atom. The van der Waals surface area contributed by atoms with Crippen molar-refractivity contribution >= 4 is 12.0 Å². The number of likely N-dealkylation sites (N-methyl/N-ethyl adjacent to an activating group) is 1. The predicted molar refractivity (Wildman–Crippen MR) is 98.7 cm³/mol. The molecule has 2 rings (SSSR count). The van der Waals surface area contributed by atoms with Gasteiger partial charge in [-0.25, -0.2) is 4.79 Å². The molecule has 0 aromatic carbocycles. The molecule has 0 aromatic rings. The Hall–Kier alpha value is -1.30. The topological polar surface area (TPSA) is 72.9 Å². The summed E-state index contributed by atoms with van der Waals surface area (Å²) < 4.78 is 0. The zero-order valence-electron chi connectivity index (χ0n) is 15.9. The second kappa shape index (κ2) is 9.41. The first kappa shape index (κ1) is 20.0. The molecule has 0 aromatic heterocycles. The molecule has 6 nitrogen and oxygen atoms in total. The van der Waals surface area contributed by atoms with Crippen LogP contribution >= 0.6 is 0 Å². The number of nitrogens with zero attached hydrogens (tertiary/aromatic N) is 2. The van der Waals surface area contributed by atoms with Crippen LogP contribution in [0.1, 0.15) is 64.7 Å². The van der Waals surface area contributed by atoms with Gasteiger partial charge >= 0.3 is 12.0 Å². The highest BCUT2D eigenvalue weighted by Gasteiger charge is 2.28. The van der Waals surface area contributed by atoms with Gasteiger partial charge in [-0.1, -0.05) is 32.6 Å². The second-order valence-electron chi connectivity index (χ2n) is 8.26. The lowest BCUT2D eigenvalue weighted by Gasteiger charge is -2.30. The summed E-state index contributed by atoms with van der Waals surface area (Å²) in [6.07, 6.45) is 10.3. The molecule has 1 atom stereocenters. The van der Waals surface area contributed by atoms with Crippen LogP contribution in [0, 0.1) is 5.41 Å². The Kier molecular flexibility index (Phi) is 7.54. The van der Waals surface area contributed by atoms with Crippen LogP contribution in [0.25, 0.3) is 0 Å². The van der Waals surface area contributed by atoms with Crippen LogP contribution in [0.5, 0.6) is 0 Å². The summed E-state index contributed by atoms with van der Waals surface area (Å²) in [5, 5.41) is 12.1. The molecule has 144 valence electrons. The summed E-state index contributed by atoms with van der Waals surface area (Å²) in [6, 6.07) is 0.292. The zero-order chi connectivity index (χ0) is 18.3. The van der Waals surface area contributed by atoms with Crippen molar-refractivity contribution in [3.8, 4) is 0 Å². The number of likely N-dealkylation sites (tertiary alicyclic amines) is 1. The number of amides is 2. The van der Waals surface area contributed by atoms with Gasteiger partial charge < -0.3 is 15.3 Å². The summed E-state index contributed by atoms with van der Waals surface area (Å²) in [5.41, 5.74) is 0.238. The van der Waals surface area contributed by atoms with Crippen molar-refractivity contribution in [1.29, 1.82) is 0 Å². The molecular formula is C19H35N3O3. The Bertz CT molecular complexity index is 447. The Balaban J connectivity index is 1.79.